The second-order valence-electron chi connectivity index (χ2n) is 5.86. The molecule has 0 fully saturated rings. The van der Waals surface area contributed by atoms with Crippen molar-refractivity contribution in [1.82, 2.24) is 10.6 Å². The van der Waals surface area contributed by atoms with E-state index in [0.29, 0.717) is 5.56 Å². The van der Waals surface area contributed by atoms with E-state index in [0.717, 1.165) is 6.07 Å². The van der Waals surface area contributed by atoms with Crippen molar-refractivity contribution in [2.75, 3.05) is 13.2 Å². The van der Waals surface area contributed by atoms with Crippen LogP contribution < -0.4 is 15.4 Å². The van der Waals surface area contributed by atoms with Gasteiger partial charge in [-0.05, 0) is 35.7 Å². The van der Waals surface area contributed by atoms with Crippen LogP contribution in [0.2, 0.25) is 0 Å². The van der Waals surface area contributed by atoms with Crippen LogP contribution in [0, 0.1) is 0 Å². The van der Waals surface area contributed by atoms with Crippen LogP contribution in [0.5, 0.6) is 5.75 Å². The lowest BCUT2D eigenvalue weighted by Crippen LogP contribution is -2.36. The van der Waals surface area contributed by atoms with Crippen molar-refractivity contribution < 1.29 is 31.5 Å². The minimum Gasteiger partial charge on any atom is -0.488 e. The second kappa shape index (κ2) is 9.91. The van der Waals surface area contributed by atoms with Crippen molar-refractivity contribution in [1.29, 1.82) is 0 Å². The van der Waals surface area contributed by atoms with Gasteiger partial charge in [0.05, 0.1) is 5.56 Å². The van der Waals surface area contributed by atoms with E-state index in [9.17, 15) is 26.7 Å². The van der Waals surface area contributed by atoms with Crippen LogP contribution in [0.15, 0.2) is 48.5 Å². The van der Waals surface area contributed by atoms with Gasteiger partial charge in [0.15, 0.2) is 0 Å². The Balaban J connectivity index is 1.79. The van der Waals surface area contributed by atoms with E-state index in [1.807, 2.05) is 0 Å². The number of benzene rings is 2. The van der Waals surface area contributed by atoms with Gasteiger partial charge in [0, 0.05) is 13.1 Å². The first-order valence-electron chi connectivity index (χ1n) is 8.42. The number of halogens is 5. The lowest BCUT2D eigenvalue weighted by atomic mass is 10.0. The Morgan fingerprint density at radius 1 is 1.04 bits per heavy atom. The van der Waals surface area contributed by atoms with Crippen LogP contribution in [0.4, 0.5) is 26.7 Å². The molecule has 28 heavy (non-hydrogen) atoms. The molecule has 2 aromatic carbocycles. The Morgan fingerprint density at radius 3 is 2.50 bits per heavy atom. The van der Waals surface area contributed by atoms with Gasteiger partial charge in [-0.25, -0.2) is 13.6 Å². The number of rotatable bonds is 8. The van der Waals surface area contributed by atoms with Crippen molar-refractivity contribution in [2.24, 2.45) is 0 Å². The molecule has 0 aromatic heterocycles. The maximum absolute atomic E-state index is 12.9. The fourth-order valence-corrected chi connectivity index (χ4v) is 2.47. The zero-order valence-electron chi connectivity index (χ0n) is 14.7. The molecule has 2 rings (SSSR count). The first-order valence-corrected chi connectivity index (χ1v) is 8.42. The molecule has 0 saturated carbocycles. The topological polar surface area (TPSA) is 50.4 Å². The van der Waals surface area contributed by atoms with Gasteiger partial charge in [-0.1, -0.05) is 30.3 Å². The third-order valence-corrected chi connectivity index (χ3v) is 3.73. The zero-order chi connectivity index (χ0) is 20.6. The van der Waals surface area contributed by atoms with Crippen molar-refractivity contribution in [3.63, 3.8) is 0 Å². The Kier molecular flexibility index (Phi) is 7.60. The molecule has 0 unspecified atom stereocenters. The molecule has 4 nitrogen and oxygen atoms in total. The summed E-state index contributed by atoms with van der Waals surface area (Å²) in [5.74, 6) is 0.253. The molecular weight excluding hydrogens is 383 g/mol. The average molecular weight is 402 g/mol. The highest BCUT2D eigenvalue weighted by atomic mass is 19.4. The highest BCUT2D eigenvalue weighted by Crippen LogP contribution is 2.31. The molecule has 0 spiro atoms. The van der Waals surface area contributed by atoms with Crippen molar-refractivity contribution in [3.05, 3.63) is 65.2 Å². The van der Waals surface area contributed by atoms with Crippen molar-refractivity contribution in [3.8, 4) is 5.75 Å². The highest BCUT2D eigenvalue weighted by Gasteiger charge is 2.32. The van der Waals surface area contributed by atoms with E-state index in [2.05, 4.69) is 10.6 Å². The molecule has 152 valence electrons. The monoisotopic (exact) mass is 402 g/mol. The second-order valence-corrected chi connectivity index (χ2v) is 5.86. The van der Waals surface area contributed by atoms with Crippen LogP contribution in [0.1, 0.15) is 16.7 Å². The van der Waals surface area contributed by atoms with Crippen LogP contribution in [0.3, 0.4) is 0 Å². The standard InChI is InChI=1S/C19H19F5N2O2/c20-17(21)12-28-15-6-3-4-13(10-15)11-26-18(27)25-9-8-14-5-1-2-7-16(14)19(22,23)24/h1-7,10,17H,8-9,11-12H2,(H2,25,26,27). The normalized spacial score (nSPS) is 11.4. The molecule has 0 aliphatic rings. The van der Waals surface area contributed by atoms with Gasteiger partial charge in [-0.15, -0.1) is 0 Å². The number of ether oxygens (including phenoxy) is 1. The van der Waals surface area contributed by atoms with E-state index in [-0.39, 0.29) is 30.8 Å². The van der Waals surface area contributed by atoms with Crippen molar-refractivity contribution >= 4 is 6.03 Å². The molecule has 0 aliphatic carbocycles. The summed E-state index contributed by atoms with van der Waals surface area (Å²) < 4.78 is 68.0. The molecule has 2 amide bonds. The van der Waals surface area contributed by atoms with E-state index in [4.69, 9.17) is 4.74 Å². The summed E-state index contributed by atoms with van der Waals surface area (Å²) >= 11 is 0. The fraction of sp³-hybridized carbons (Fsp3) is 0.316. The summed E-state index contributed by atoms with van der Waals surface area (Å²) in [7, 11) is 0. The van der Waals surface area contributed by atoms with Gasteiger partial charge >= 0.3 is 12.2 Å². The fourth-order valence-electron chi connectivity index (χ4n) is 2.47. The van der Waals surface area contributed by atoms with E-state index in [1.165, 1.54) is 30.3 Å². The Hall–Kier alpha value is -2.84. The summed E-state index contributed by atoms with van der Waals surface area (Å²) in [5.41, 5.74) is 0.00124. The summed E-state index contributed by atoms with van der Waals surface area (Å²) in [6.07, 6.45) is -7.01. The lowest BCUT2D eigenvalue weighted by Gasteiger charge is -2.13. The Labute approximate surface area is 158 Å². The summed E-state index contributed by atoms with van der Waals surface area (Å²) in [6, 6.07) is 10.9. The van der Waals surface area contributed by atoms with E-state index < -0.39 is 30.8 Å². The minimum absolute atomic E-state index is 0.0243. The SMILES string of the molecule is O=C(NCCc1ccccc1C(F)(F)F)NCc1cccc(OCC(F)F)c1. The number of urea groups is 1. The van der Waals surface area contributed by atoms with Crippen LogP contribution >= 0.6 is 0 Å². The predicted octanol–water partition coefficient (Wildman–Crippen LogP) is 4.39. The number of carbonyl (C=O) groups is 1. The smallest absolute Gasteiger partial charge is 0.416 e. The Bertz CT molecular complexity index is 781. The predicted molar refractivity (Wildman–Crippen MR) is 93.3 cm³/mol. The largest absolute Gasteiger partial charge is 0.488 e. The minimum atomic E-state index is -4.45. The van der Waals surface area contributed by atoms with Gasteiger partial charge < -0.3 is 15.4 Å². The maximum Gasteiger partial charge on any atom is 0.416 e. The summed E-state index contributed by atoms with van der Waals surface area (Å²) in [5, 5.41) is 5.03. The lowest BCUT2D eigenvalue weighted by molar-refractivity contribution is -0.138. The first-order chi connectivity index (χ1) is 13.3. The molecule has 0 saturated heterocycles. The molecule has 9 heteroatoms. The van der Waals surface area contributed by atoms with Gasteiger partial charge in [0.25, 0.3) is 6.43 Å². The molecule has 0 heterocycles. The number of alkyl halides is 5. The van der Waals surface area contributed by atoms with Gasteiger partial charge in [-0.2, -0.15) is 13.2 Å². The maximum atomic E-state index is 12.9. The third-order valence-electron chi connectivity index (χ3n) is 3.73. The quantitative estimate of drug-likeness (QED) is 0.644. The van der Waals surface area contributed by atoms with E-state index in [1.54, 1.807) is 12.1 Å². The number of hydrogen-bond acceptors (Lipinski definition) is 2. The molecule has 0 atom stereocenters. The summed E-state index contributed by atoms with van der Waals surface area (Å²) in [6.45, 7) is -0.593. The number of hydrogen-bond donors (Lipinski definition) is 2. The summed E-state index contributed by atoms with van der Waals surface area (Å²) in [4.78, 5) is 11.8. The number of nitrogens with one attached hydrogen (secondary N) is 2. The number of carbonyl (C=O) groups excluding carboxylic acids is 1. The first kappa shape index (κ1) is 21.5. The highest BCUT2D eigenvalue weighted by molar-refractivity contribution is 5.73. The number of amides is 2. The third kappa shape index (κ3) is 7.05. The Morgan fingerprint density at radius 2 is 1.79 bits per heavy atom. The molecular formula is C19H19F5N2O2. The van der Waals surface area contributed by atoms with Gasteiger partial charge in [-0.3, -0.25) is 0 Å². The average Bonchev–Trinajstić information content (AvgIpc) is 2.65. The molecule has 0 aliphatic heterocycles. The van der Waals surface area contributed by atoms with Crippen LogP contribution in [-0.4, -0.2) is 25.6 Å². The zero-order valence-corrected chi connectivity index (χ0v) is 14.7. The molecule has 2 aromatic rings. The van der Waals surface area contributed by atoms with Gasteiger partial charge in [0.1, 0.15) is 12.4 Å². The van der Waals surface area contributed by atoms with Crippen LogP contribution in [0.25, 0.3) is 0 Å². The molecule has 0 bridgehead atoms. The molecule has 2 N–H and O–H groups in total. The van der Waals surface area contributed by atoms with Gasteiger partial charge in [0.2, 0.25) is 0 Å². The molecule has 0 radical (unpaired) electrons. The van der Waals surface area contributed by atoms with Crippen molar-refractivity contribution in [2.45, 2.75) is 25.6 Å². The van der Waals surface area contributed by atoms with E-state index >= 15 is 0 Å². The van der Waals surface area contributed by atoms with Crippen LogP contribution in [-0.2, 0) is 19.1 Å².